The van der Waals surface area contributed by atoms with Crippen LogP contribution in [0.4, 0.5) is 0 Å². The van der Waals surface area contributed by atoms with Gasteiger partial charge in [0.05, 0.1) is 0 Å². The summed E-state index contributed by atoms with van der Waals surface area (Å²) >= 11 is 0. The van der Waals surface area contributed by atoms with Gasteiger partial charge in [-0.05, 0) is 36.2 Å². The van der Waals surface area contributed by atoms with Crippen molar-refractivity contribution in [2.75, 3.05) is 0 Å². The second kappa shape index (κ2) is 2.71. The summed E-state index contributed by atoms with van der Waals surface area (Å²) in [5, 5.41) is 0. The molecule has 0 aromatic rings. The topological polar surface area (TPSA) is 17.1 Å². The van der Waals surface area contributed by atoms with E-state index < -0.39 is 0 Å². The molecule has 0 saturated heterocycles. The van der Waals surface area contributed by atoms with Crippen LogP contribution in [0.5, 0.6) is 0 Å². The molecule has 14 heavy (non-hydrogen) atoms. The van der Waals surface area contributed by atoms with E-state index in [4.69, 9.17) is 0 Å². The van der Waals surface area contributed by atoms with Crippen LogP contribution < -0.4 is 0 Å². The van der Waals surface area contributed by atoms with Crippen molar-refractivity contribution >= 4 is 5.78 Å². The highest BCUT2D eigenvalue weighted by molar-refractivity contribution is 6.04. The number of carbonyl (C=O) groups is 1. The molecule has 0 heterocycles. The molecule has 0 amide bonds. The molecule has 2 bridgehead atoms. The maximum atomic E-state index is 12.2. The number of Topliss-reactive ketones (excluding diaryl/α,β-unsaturated/α-hetero) is 1. The van der Waals surface area contributed by atoms with Crippen LogP contribution in [0.3, 0.4) is 0 Å². The normalized spacial score (nSPS) is 42.4. The smallest absolute Gasteiger partial charge is 0.165 e. The third-order valence-corrected chi connectivity index (χ3v) is 4.79. The monoisotopic (exact) mass is 192 g/mol. The van der Waals surface area contributed by atoms with Gasteiger partial charge in [0.1, 0.15) is 0 Å². The molecule has 1 nitrogen and oxygen atoms in total. The number of hydrogen-bond acceptors (Lipinski definition) is 1. The van der Waals surface area contributed by atoms with Crippen LogP contribution in [-0.4, -0.2) is 5.78 Å². The summed E-state index contributed by atoms with van der Waals surface area (Å²) in [7, 11) is 0. The number of hydrogen-bond donors (Lipinski definition) is 0. The molecule has 0 unspecified atom stereocenters. The number of allylic oxidation sites excluding steroid dienone is 2. The van der Waals surface area contributed by atoms with Crippen LogP contribution >= 0.6 is 0 Å². The standard InChI is InChI=1S/C13H20O/c1-5-6-9-10-7-8-13(4,11(9)14)12(10,2)3/h6,10H,5,7-8H2,1-4H3/b9-6-/t10-,13-/m0/s1. The number of fused-ring (bicyclic) bond motifs is 2. The van der Waals surface area contributed by atoms with E-state index in [1.54, 1.807) is 0 Å². The van der Waals surface area contributed by atoms with E-state index in [9.17, 15) is 4.79 Å². The average molecular weight is 192 g/mol. The molecule has 0 radical (unpaired) electrons. The van der Waals surface area contributed by atoms with Gasteiger partial charge in [0.2, 0.25) is 0 Å². The van der Waals surface area contributed by atoms with Crippen molar-refractivity contribution in [3.63, 3.8) is 0 Å². The molecule has 78 valence electrons. The van der Waals surface area contributed by atoms with Gasteiger partial charge in [0, 0.05) is 5.41 Å². The Morgan fingerprint density at radius 1 is 1.43 bits per heavy atom. The van der Waals surface area contributed by atoms with Gasteiger partial charge in [-0.15, -0.1) is 0 Å². The summed E-state index contributed by atoms with van der Waals surface area (Å²) in [6, 6.07) is 0. The van der Waals surface area contributed by atoms with Crippen LogP contribution in [0.2, 0.25) is 0 Å². The second-order valence-electron chi connectivity index (χ2n) is 5.54. The zero-order chi connectivity index (χ0) is 10.6. The summed E-state index contributed by atoms with van der Waals surface area (Å²) in [4.78, 5) is 12.2. The number of rotatable bonds is 1. The van der Waals surface area contributed by atoms with Crippen LogP contribution in [0.1, 0.15) is 47.0 Å². The van der Waals surface area contributed by atoms with E-state index in [0.29, 0.717) is 11.7 Å². The summed E-state index contributed by atoms with van der Waals surface area (Å²) in [6.07, 6.45) is 5.44. The van der Waals surface area contributed by atoms with Crippen LogP contribution in [0.25, 0.3) is 0 Å². The quantitative estimate of drug-likeness (QED) is 0.582. The van der Waals surface area contributed by atoms with E-state index in [1.165, 1.54) is 6.42 Å². The molecule has 2 saturated carbocycles. The Hall–Kier alpha value is -0.590. The van der Waals surface area contributed by atoms with Crippen molar-refractivity contribution in [3.05, 3.63) is 11.6 Å². The van der Waals surface area contributed by atoms with Crippen LogP contribution in [0, 0.1) is 16.7 Å². The molecule has 2 aliphatic carbocycles. The molecule has 2 aliphatic rings. The minimum absolute atomic E-state index is 0.0708. The van der Waals surface area contributed by atoms with Gasteiger partial charge in [-0.2, -0.15) is 0 Å². The first-order chi connectivity index (χ1) is 6.45. The maximum Gasteiger partial charge on any atom is 0.165 e. The molecule has 0 aromatic carbocycles. The Labute approximate surface area is 86.6 Å². The first-order valence-electron chi connectivity index (χ1n) is 5.70. The van der Waals surface area contributed by atoms with Gasteiger partial charge in [-0.3, -0.25) is 4.79 Å². The predicted octanol–water partition coefficient (Wildman–Crippen LogP) is 3.35. The van der Waals surface area contributed by atoms with Gasteiger partial charge in [-0.25, -0.2) is 0 Å². The Morgan fingerprint density at radius 2 is 2.07 bits per heavy atom. The Kier molecular flexibility index (Phi) is 1.93. The fraction of sp³-hybridized carbons (Fsp3) is 0.769. The molecule has 1 heteroatoms. The highest BCUT2D eigenvalue weighted by atomic mass is 16.1. The Bertz CT molecular complexity index is 311. The minimum atomic E-state index is -0.0708. The summed E-state index contributed by atoms with van der Waals surface area (Å²) < 4.78 is 0. The van der Waals surface area contributed by atoms with Gasteiger partial charge >= 0.3 is 0 Å². The lowest BCUT2D eigenvalue weighted by Crippen LogP contribution is -2.32. The molecule has 0 spiro atoms. The third kappa shape index (κ3) is 0.884. The second-order valence-corrected chi connectivity index (χ2v) is 5.54. The molecule has 2 fully saturated rings. The zero-order valence-corrected chi connectivity index (χ0v) is 9.68. The molecule has 0 aliphatic heterocycles. The van der Waals surface area contributed by atoms with E-state index in [1.807, 2.05) is 0 Å². The third-order valence-electron chi connectivity index (χ3n) is 4.79. The highest BCUT2D eigenvalue weighted by Crippen LogP contribution is 2.65. The molecule has 2 atom stereocenters. The molecular formula is C13H20O. The van der Waals surface area contributed by atoms with Crippen molar-refractivity contribution in [1.29, 1.82) is 0 Å². The largest absolute Gasteiger partial charge is 0.294 e. The first-order valence-corrected chi connectivity index (χ1v) is 5.70. The van der Waals surface area contributed by atoms with E-state index >= 15 is 0 Å². The highest BCUT2D eigenvalue weighted by Gasteiger charge is 2.63. The average Bonchev–Trinajstić information content (AvgIpc) is 2.41. The number of carbonyl (C=O) groups excluding carboxylic acids is 1. The van der Waals surface area contributed by atoms with Crippen molar-refractivity contribution in [3.8, 4) is 0 Å². The van der Waals surface area contributed by atoms with Crippen molar-refractivity contribution in [2.24, 2.45) is 16.7 Å². The van der Waals surface area contributed by atoms with E-state index in [0.717, 1.165) is 18.4 Å². The maximum absolute atomic E-state index is 12.2. The zero-order valence-electron chi connectivity index (χ0n) is 9.68. The van der Waals surface area contributed by atoms with Crippen LogP contribution in [-0.2, 0) is 4.79 Å². The lowest BCUT2D eigenvalue weighted by Gasteiger charge is -2.31. The number of ketones is 1. The predicted molar refractivity (Wildman–Crippen MR) is 58.0 cm³/mol. The van der Waals surface area contributed by atoms with Crippen molar-refractivity contribution in [1.82, 2.24) is 0 Å². The van der Waals surface area contributed by atoms with E-state index in [-0.39, 0.29) is 10.8 Å². The summed E-state index contributed by atoms with van der Waals surface area (Å²) in [5.41, 5.74) is 1.25. The van der Waals surface area contributed by atoms with Gasteiger partial charge < -0.3 is 0 Å². The lowest BCUT2D eigenvalue weighted by atomic mass is 9.70. The van der Waals surface area contributed by atoms with Crippen molar-refractivity contribution in [2.45, 2.75) is 47.0 Å². The van der Waals surface area contributed by atoms with Crippen LogP contribution in [0.15, 0.2) is 11.6 Å². The lowest BCUT2D eigenvalue weighted by molar-refractivity contribution is -0.125. The summed E-state index contributed by atoms with van der Waals surface area (Å²) in [5.74, 6) is 0.959. The van der Waals surface area contributed by atoms with Gasteiger partial charge in [0.15, 0.2) is 5.78 Å². The fourth-order valence-corrected chi connectivity index (χ4v) is 3.38. The van der Waals surface area contributed by atoms with E-state index in [2.05, 4.69) is 33.8 Å². The summed E-state index contributed by atoms with van der Waals surface area (Å²) in [6.45, 7) is 8.80. The molecule has 0 N–H and O–H groups in total. The molecule has 0 aromatic heterocycles. The molecule has 2 rings (SSSR count). The Balaban J connectivity index is 2.49. The fourth-order valence-electron chi connectivity index (χ4n) is 3.38. The minimum Gasteiger partial charge on any atom is -0.294 e. The Morgan fingerprint density at radius 3 is 2.50 bits per heavy atom. The van der Waals surface area contributed by atoms with Crippen molar-refractivity contribution < 1.29 is 4.79 Å². The van der Waals surface area contributed by atoms with Gasteiger partial charge in [0.25, 0.3) is 0 Å². The molecular weight excluding hydrogens is 172 g/mol. The van der Waals surface area contributed by atoms with Gasteiger partial charge in [-0.1, -0.05) is 33.8 Å². The SMILES string of the molecule is CC/C=C1\C(=O)[C@]2(C)CC[C@@H]1C2(C)C. The first kappa shape index (κ1) is 9.95.